The van der Waals surface area contributed by atoms with Gasteiger partial charge in [-0.2, -0.15) is 0 Å². The van der Waals surface area contributed by atoms with Crippen LogP contribution in [-0.4, -0.2) is 11.2 Å². The van der Waals surface area contributed by atoms with E-state index in [1.165, 1.54) is 12.8 Å². The lowest BCUT2D eigenvalue weighted by molar-refractivity contribution is -0.0254. The fraction of sp³-hybridized carbons (Fsp3) is 1.00. The van der Waals surface area contributed by atoms with Gasteiger partial charge in [-0.1, -0.05) is 20.3 Å². The van der Waals surface area contributed by atoms with E-state index >= 15 is 0 Å². The lowest BCUT2D eigenvalue weighted by Crippen LogP contribution is -2.38. The molecule has 0 radical (unpaired) electrons. The number of hydrogen-bond acceptors (Lipinski definition) is 1. The van der Waals surface area contributed by atoms with Crippen LogP contribution >= 0.6 is 0 Å². The van der Waals surface area contributed by atoms with E-state index in [0.29, 0.717) is 5.41 Å². The first-order chi connectivity index (χ1) is 4.16. The van der Waals surface area contributed by atoms with Crippen LogP contribution < -0.4 is 0 Å². The molecule has 1 nitrogen and oxygen atoms in total. The van der Waals surface area contributed by atoms with Crippen LogP contribution in [0.3, 0.4) is 0 Å². The van der Waals surface area contributed by atoms with E-state index in [9.17, 15) is 0 Å². The molecule has 54 valence electrons. The van der Waals surface area contributed by atoms with Gasteiger partial charge in [0.05, 0.1) is 6.10 Å². The number of aliphatic hydroxyl groups is 1. The van der Waals surface area contributed by atoms with Crippen LogP contribution in [0.2, 0.25) is 0 Å². The molecule has 0 bridgehead atoms. The molecule has 0 saturated heterocycles. The second-order valence-electron chi connectivity index (χ2n) is 3.62. The van der Waals surface area contributed by atoms with Gasteiger partial charge >= 0.3 is 0 Å². The van der Waals surface area contributed by atoms with E-state index in [4.69, 9.17) is 5.11 Å². The molecule has 0 heterocycles. The van der Waals surface area contributed by atoms with Crippen molar-refractivity contribution in [1.29, 1.82) is 0 Å². The quantitative estimate of drug-likeness (QED) is 0.602. The van der Waals surface area contributed by atoms with E-state index in [1.54, 1.807) is 0 Å². The van der Waals surface area contributed by atoms with Gasteiger partial charge in [0.2, 0.25) is 0 Å². The van der Waals surface area contributed by atoms with E-state index in [2.05, 4.69) is 13.8 Å². The molecule has 1 N–H and O–H groups in total. The summed E-state index contributed by atoms with van der Waals surface area (Å²) in [7, 11) is 0. The highest BCUT2D eigenvalue weighted by Gasteiger charge is 2.37. The van der Waals surface area contributed by atoms with Gasteiger partial charge in [-0.3, -0.25) is 0 Å². The van der Waals surface area contributed by atoms with E-state index < -0.39 is 0 Å². The van der Waals surface area contributed by atoms with Crippen molar-refractivity contribution in [3.63, 3.8) is 0 Å². The molecule has 0 unspecified atom stereocenters. The van der Waals surface area contributed by atoms with Crippen LogP contribution in [0, 0.1) is 5.41 Å². The summed E-state index contributed by atoms with van der Waals surface area (Å²) in [6.07, 6.45) is 4.61. The number of aliphatic hydroxyl groups excluding tert-OH is 1. The second-order valence-corrected chi connectivity index (χ2v) is 3.62. The topological polar surface area (TPSA) is 20.2 Å². The Morgan fingerprint density at radius 1 is 1.56 bits per heavy atom. The Labute approximate surface area is 57.1 Å². The van der Waals surface area contributed by atoms with Crippen molar-refractivity contribution in [3.8, 4) is 0 Å². The van der Waals surface area contributed by atoms with Crippen molar-refractivity contribution in [1.82, 2.24) is 0 Å². The monoisotopic (exact) mass is 128 g/mol. The van der Waals surface area contributed by atoms with Crippen LogP contribution in [0.5, 0.6) is 0 Å². The smallest absolute Gasteiger partial charge is 0.0550 e. The molecule has 1 heteroatoms. The fourth-order valence-corrected chi connectivity index (χ4v) is 1.89. The minimum atomic E-state index is 0.0153. The second kappa shape index (κ2) is 2.30. The Morgan fingerprint density at radius 2 is 2.11 bits per heavy atom. The van der Waals surface area contributed by atoms with E-state index in [1.807, 2.05) is 0 Å². The molecule has 1 aliphatic carbocycles. The van der Waals surface area contributed by atoms with Gasteiger partial charge in [0, 0.05) is 0 Å². The van der Waals surface area contributed by atoms with Gasteiger partial charge in [-0.25, -0.2) is 0 Å². The maximum Gasteiger partial charge on any atom is 0.0550 e. The first kappa shape index (κ1) is 7.07. The Kier molecular flexibility index (Phi) is 1.80. The summed E-state index contributed by atoms with van der Waals surface area (Å²) in [5.74, 6) is 0. The molecule has 1 fully saturated rings. The zero-order valence-corrected chi connectivity index (χ0v) is 6.35. The Morgan fingerprint density at radius 3 is 2.44 bits per heavy atom. The van der Waals surface area contributed by atoms with Gasteiger partial charge in [0.1, 0.15) is 0 Å². The van der Waals surface area contributed by atoms with E-state index in [-0.39, 0.29) is 6.10 Å². The van der Waals surface area contributed by atoms with Gasteiger partial charge in [-0.05, 0) is 24.7 Å². The lowest BCUT2D eigenvalue weighted by atomic mass is 9.66. The molecule has 0 spiro atoms. The van der Waals surface area contributed by atoms with Crippen molar-refractivity contribution < 1.29 is 5.11 Å². The van der Waals surface area contributed by atoms with Gasteiger partial charge in [0.15, 0.2) is 0 Å². The summed E-state index contributed by atoms with van der Waals surface area (Å²) in [6.45, 7) is 4.47. The molecule has 0 aliphatic heterocycles. The third kappa shape index (κ3) is 1.45. The molecule has 1 rings (SSSR count). The summed E-state index contributed by atoms with van der Waals surface area (Å²) < 4.78 is 0. The molecule has 0 aromatic carbocycles. The summed E-state index contributed by atoms with van der Waals surface area (Å²) >= 11 is 0. The zero-order chi connectivity index (χ0) is 6.91. The Balaban J connectivity index is 2.23. The standard InChI is InChI=1S/C8H16O/c1-3-4-8(2)5-7(9)6-8/h7,9H,3-6H2,1-2H3. The maximum absolute atomic E-state index is 9.01. The van der Waals surface area contributed by atoms with Crippen LogP contribution in [-0.2, 0) is 0 Å². The van der Waals surface area contributed by atoms with Crippen LogP contribution in [0.15, 0.2) is 0 Å². The normalized spacial score (nSPS) is 42.3. The number of hydrogen-bond donors (Lipinski definition) is 1. The number of rotatable bonds is 2. The van der Waals surface area contributed by atoms with Crippen molar-refractivity contribution in [2.75, 3.05) is 0 Å². The van der Waals surface area contributed by atoms with Crippen LogP contribution in [0.4, 0.5) is 0 Å². The highest BCUT2D eigenvalue weighted by atomic mass is 16.3. The molecule has 0 amide bonds. The predicted molar refractivity (Wildman–Crippen MR) is 38.3 cm³/mol. The fourth-order valence-electron chi connectivity index (χ4n) is 1.89. The average Bonchev–Trinajstić information content (AvgIpc) is 1.62. The van der Waals surface area contributed by atoms with Crippen molar-refractivity contribution in [3.05, 3.63) is 0 Å². The highest BCUT2D eigenvalue weighted by molar-refractivity contribution is 4.89. The predicted octanol–water partition coefficient (Wildman–Crippen LogP) is 1.95. The summed E-state index contributed by atoms with van der Waals surface area (Å²) in [5.41, 5.74) is 0.494. The summed E-state index contributed by atoms with van der Waals surface area (Å²) in [4.78, 5) is 0. The summed E-state index contributed by atoms with van der Waals surface area (Å²) in [5, 5.41) is 9.01. The molecule has 0 aromatic heterocycles. The third-order valence-corrected chi connectivity index (χ3v) is 2.31. The summed E-state index contributed by atoms with van der Waals surface area (Å²) in [6, 6.07) is 0. The molecule has 0 atom stereocenters. The van der Waals surface area contributed by atoms with E-state index in [0.717, 1.165) is 12.8 Å². The Bertz CT molecular complexity index is 87.2. The van der Waals surface area contributed by atoms with Crippen molar-refractivity contribution >= 4 is 0 Å². The average molecular weight is 128 g/mol. The maximum atomic E-state index is 9.01. The highest BCUT2D eigenvalue weighted by Crippen LogP contribution is 2.44. The third-order valence-electron chi connectivity index (χ3n) is 2.31. The molecular formula is C8H16O. The molecule has 9 heavy (non-hydrogen) atoms. The molecule has 1 saturated carbocycles. The first-order valence-corrected chi connectivity index (χ1v) is 3.84. The zero-order valence-electron chi connectivity index (χ0n) is 6.35. The van der Waals surface area contributed by atoms with Gasteiger partial charge in [-0.15, -0.1) is 0 Å². The molecule has 1 aliphatic rings. The SMILES string of the molecule is CCCC1(C)CC(O)C1. The van der Waals surface area contributed by atoms with Crippen LogP contribution in [0.25, 0.3) is 0 Å². The molecule has 0 aromatic rings. The largest absolute Gasteiger partial charge is 0.393 e. The minimum absolute atomic E-state index is 0.0153. The Hall–Kier alpha value is -0.0400. The van der Waals surface area contributed by atoms with Gasteiger partial charge in [0.25, 0.3) is 0 Å². The van der Waals surface area contributed by atoms with Crippen molar-refractivity contribution in [2.24, 2.45) is 5.41 Å². The molecular weight excluding hydrogens is 112 g/mol. The van der Waals surface area contributed by atoms with Crippen molar-refractivity contribution in [2.45, 2.75) is 45.6 Å². The first-order valence-electron chi connectivity index (χ1n) is 3.84. The minimum Gasteiger partial charge on any atom is -0.393 e. The van der Waals surface area contributed by atoms with Crippen LogP contribution in [0.1, 0.15) is 39.5 Å². The van der Waals surface area contributed by atoms with Gasteiger partial charge < -0.3 is 5.11 Å². The lowest BCUT2D eigenvalue weighted by Gasteiger charge is -2.42.